The van der Waals surface area contributed by atoms with Gasteiger partial charge in [-0.15, -0.1) is 0 Å². The second-order valence-corrected chi connectivity index (χ2v) is 5.66. The molecule has 0 aliphatic heterocycles. The van der Waals surface area contributed by atoms with Gasteiger partial charge in [0.05, 0.1) is 19.1 Å². The zero-order valence-electron chi connectivity index (χ0n) is 9.96. The first-order valence-corrected chi connectivity index (χ1v) is 7.16. The number of nitrogens with zero attached hydrogens (tertiary/aromatic N) is 2. The zero-order valence-corrected chi connectivity index (χ0v) is 10.8. The van der Waals surface area contributed by atoms with E-state index < -0.39 is 10.0 Å². The lowest BCUT2D eigenvalue weighted by atomic mass is 10.2. The van der Waals surface area contributed by atoms with E-state index in [2.05, 4.69) is 16.9 Å². The molecule has 7 heteroatoms. The van der Waals surface area contributed by atoms with Gasteiger partial charge in [-0.3, -0.25) is 0 Å². The van der Waals surface area contributed by atoms with Crippen LogP contribution in [-0.2, 0) is 10.0 Å². The Morgan fingerprint density at radius 1 is 1.41 bits per heavy atom. The number of aliphatic hydroxyl groups is 1. The predicted octanol–water partition coefficient (Wildman–Crippen LogP) is 0.583. The minimum absolute atomic E-state index is 0.0717. The van der Waals surface area contributed by atoms with Crippen LogP contribution in [0.15, 0.2) is 17.6 Å². The molecule has 0 bridgehead atoms. The van der Waals surface area contributed by atoms with Gasteiger partial charge in [-0.25, -0.2) is 13.4 Å². The Bertz CT molecular complexity index is 402. The second kappa shape index (κ2) is 6.73. The molecule has 0 aliphatic rings. The van der Waals surface area contributed by atoms with E-state index in [4.69, 9.17) is 5.11 Å². The van der Waals surface area contributed by atoms with E-state index in [0.29, 0.717) is 6.54 Å². The predicted molar refractivity (Wildman–Crippen MR) is 64.0 cm³/mol. The van der Waals surface area contributed by atoms with Crippen LogP contribution in [0, 0.1) is 0 Å². The number of nitrogens with one attached hydrogen (secondary N) is 1. The molecular weight excluding hydrogens is 242 g/mol. The van der Waals surface area contributed by atoms with Crippen molar-refractivity contribution in [2.24, 2.45) is 0 Å². The van der Waals surface area contributed by atoms with Crippen molar-refractivity contribution in [3.8, 4) is 0 Å². The van der Waals surface area contributed by atoms with Crippen molar-refractivity contribution in [2.45, 2.75) is 31.2 Å². The Balaban J connectivity index is 2.75. The lowest BCUT2D eigenvalue weighted by molar-refractivity contribution is 0.251. The maximum Gasteiger partial charge on any atom is 0.260 e. The van der Waals surface area contributed by atoms with Crippen molar-refractivity contribution in [3.05, 3.63) is 12.5 Å². The van der Waals surface area contributed by atoms with E-state index in [0.717, 1.165) is 19.3 Å². The van der Waals surface area contributed by atoms with Crippen LogP contribution in [0.25, 0.3) is 0 Å². The summed E-state index contributed by atoms with van der Waals surface area (Å²) >= 11 is 0. The zero-order chi connectivity index (χ0) is 12.7. The number of rotatable bonds is 8. The minimum atomic E-state index is -3.55. The number of hydrogen-bond acceptors (Lipinski definition) is 4. The molecule has 0 unspecified atom stereocenters. The average molecular weight is 261 g/mol. The van der Waals surface area contributed by atoms with Crippen molar-refractivity contribution in [1.82, 2.24) is 14.3 Å². The van der Waals surface area contributed by atoms with Crippen LogP contribution in [0.3, 0.4) is 0 Å². The third kappa shape index (κ3) is 3.79. The maximum atomic E-state index is 12.1. The van der Waals surface area contributed by atoms with E-state index >= 15 is 0 Å². The summed E-state index contributed by atoms with van der Waals surface area (Å²) in [5.41, 5.74) is 0. The van der Waals surface area contributed by atoms with Crippen LogP contribution in [0.5, 0.6) is 0 Å². The molecule has 1 aromatic heterocycles. The van der Waals surface area contributed by atoms with Gasteiger partial charge >= 0.3 is 0 Å². The maximum absolute atomic E-state index is 12.1. The topological polar surface area (TPSA) is 86.3 Å². The Morgan fingerprint density at radius 3 is 2.71 bits per heavy atom. The molecule has 0 atom stereocenters. The summed E-state index contributed by atoms with van der Waals surface area (Å²) in [6.45, 7) is 2.42. The molecule has 2 N–H and O–H groups in total. The summed E-state index contributed by atoms with van der Waals surface area (Å²) in [7, 11) is -3.55. The molecular formula is C10H19N3O3S. The van der Waals surface area contributed by atoms with E-state index in [-0.39, 0.29) is 18.2 Å². The molecule has 1 aromatic rings. The largest absolute Gasteiger partial charge is 0.395 e. The van der Waals surface area contributed by atoms with Crippen LogP contribution in [-0.4, -0.2) is 47.5 Å². The quantitative estimate of drug-likeness (QED) is 0.670. The van der Waals surface area contributed by atoms with Gasteiger partial charge in [0.1, 0.15) is 0 Å². The van der Waals surface area contributed by atoms with E-state index in [9.17, 15) is 8.42 Å². The minimum Gasteiger partial charge on any atom is -0.395 e. The molecule has 17 heavy (non-hydrogen) atoms. The fourth-order valence-electron chi connectivity index (χ4n) is 1.53. The molecule has 0 saturated heterocycles. The number of aliphatic hydroxyl groups excluding tert-OH is 1. The van der Waals surface area contributed by atoms with Gasteiger partial charge in [0, 0.05) is 13.1 Å². The van der Waals surface area contributed by atoms with Crippen molar-refractivity contribution in [1.29, 1.82) is 0 Å². The van der Waals surface area contributed by atoms with Gasteiger partial charge in [-0.2, -0.15) is 4.31 Å². The summed E-state index contributed by atoms with van der Waals surface area (Å²) in [5, 5.41) is 8.99. The Hall–Kier alpha value is -0.920. The molecule has 0 aromatic carbocycles. The van der Waals surface area contributed by atoms with Crippen molar-refractivity contribution in [2.75, 3.05) is 19.7 Å². The van der Waals surface area contributed by atoms with E-state index in [1.54, 1.807) is 0 Å². The summed E-state index contributed by atoms with van der Waals surface area (Å²) in [6.07, 6.45) is 5.40. The van der Waals surface area contributed by atoms with Gasteiger partial charge < -0.3 is 10.1 Å². The van der Waals surface area contributed by atoms with Crippen LogP contribution < -0.4 is 0 Å². The summed E-state index contributed by atoms with van der Waals surface area (Å²) in [6, 6.07) is 0. The number of aromatic amines is 1. The van der Waals surface area contributed by atoms with Gasteiger partial charge in [0.2, 0.25) is 0 Å². The first-order valence-electron chi connectivity index (χ1n) is 5.72. The lowest BCUT2D eigenvalue weighted by Crippen LogP contribution is -2.34. The lowest BCUT2D eigenvalue weighted by Gasteiger charge is -2.19. The molecule has 0 radical (unpaired) electrons. The number of sulfonamides is 1. The van der Waals surface area contributed by atoms with Gasteiger partial charge in [0.25, 0.3) is 10.0 Å². The number of aromatic nitrogens is 2. The van der Waals surface area contributed by atoms with Gasteiger partial charge in [-0.05, 0) is 6.42 Å². The molecule has 1 rings (SSSR count). The number of imidazole rings is 1. The number of hydrogen-bond donors (Lipinski definition) is 2. The highest BCUT2D eigenvalue weighted by atomic mass is 32.2. The molecule has 0 fully saturated rings. The summed E-state index contributed by atoms with van der Waals surface area (Å²) in [4.78, 5) is 6.29. The second-order valence-electron chi connectivity index (χ2n) is 3.75. The number of H-pyrrole nitrogens is 1. The van der Waals surface area contributed by atoms with Gasteiger partial charge in [-0.1, -0.05) is 19.8 Å². The van der Waals surface area contributed by atoms with Gasteiger partial charge in [0.15, 0.2) is 5.03 Å². The Morgan fingerprint density at radius 2 is 2.18 bits per heavy atom. The van der Waals surface area contributed by atoms with E-state index in [1.165, 1.54) is 16.8 Å². The fraction of sp³-hybridized carbons (Fsp3) is 0.700. The highest BCUT2D eigenvalue weighted by molar-refractivity contribution is 7.89. The molecule has 1 heterocycles. The molecule has 0 spiro atoms. The molecule has 0 amide bonds. The summed E-state index contributed by atoms with van der Waals surface area (Å²) < 4.78 is 25.5. The van der Waals surface area contributed by atoms with Crippen molar-refractivity contribution >= 4 is 10.0 Å². The third-order valence-corrected chi connectivity index (χ3v) is 4.28. The fourth-order valence-corrected chi connectivity index (χ4v) is 2.89. The van der Waals surface area contributed by atoms with E-state index in [1.807, 2.05) is 0 Å². The first kappa shape index (κ1) is 14.1. The molecule has 0 aliphatic carbocycles. The average Bonchev–Trinajstić information content (AvgIpc) is 2.82. The first-order chi connectivity index (χ1) is 8.12. The van der Waals surface area contributed by atoms with Crippen molar-refractivity contribution in [3.63, 3.8) is 0 Å². The molecule has 98 valence electrons. The molecule has 0 saturated carbocycles. The van der Waals surface area contributed by atoms with Crippen LogP contribution in [0.2, 0.25) is 0 Å². The standard InChI is InChI=1S/C10H19N3O3S/c1-2-3-4-5-13(6-7-14)17(15,16)10-8-11-9-12-10/h8-9,14H,2-7H2,1H3,(H,11,12). The highest BCUT2D eigenvalue weighted by Crippen LogP contribution is 2.13. The normalized spacial score (nSPS) is 12.2. The monoisotopic (exact) mass is 261 g/mol. The third-order valence-electron chi connectivity index (χ3n) is 2.45. The van der Waals surface area contributed by atoms with Crippen LogP contribution in [0.4, 0.5) is 0 Å². The highest BCUT2D eigenvalue weighted by Gasteiger charge is 2.24. The van der Waals surface area contributed by atoms with Crippen molar-refractivity contribution < 1.29 is 13.5 Å². The van der Waals surface area contributed by atoms with Crippen LogP contribution >= 0.6 is 0 Å². The van der Waals surface area contributed by atoms with Crippen LogP contribution in [0.1, 0.15) is 26.2 Å². The Labute approximate surface area is 102 Å². The summed E-state index contributed by atoms with van der Waals surface area (Å²) in [5.74, 6) is 0. The number of unbranched alkanes of at least 4 members (excludes halogenated alkanes) is 2. The molecule has 6 nitrogen and oxygen atoms in total. The Kier molecular flexibility index (Phi) is 5.60. The SMILES string of the molecule is CCCCCN(CCO)S(=O)(=O)c1cnc[nH]1. The smallest absolute Gasteiger partial charge is 0.260 e.